The van der Waals surface area contributed by atoms with Crippen LogP contribution < -0.4 is 26.2 Å². The van der Waals surface area contributed by atoms with Crippen molar-refractivity contribution in [1.82, 2.24) is 34.1 Å². The summed E-state index contributed by atoms with van der Waals surface area (Å²) in [5.41, 5.74) is 25.8. The molecule has 2 aliphatic rings. The molecule has 4 aromatic heterocycles. The number of anilines is 6. The molecule has 101 heavy (non-hydrogen) atoms. The van der Waals surface area contributed by atoms with Crippen LogP contribution in [0.2, 0.25) is 0 Å². The summed E-state index contributed by atoms with van der Waals surface area (Å²) in [6.07, 6.45) is 0. The molecular formula is C91H58BN9. The van der Waals surface area contributed by atoms with Gasteiger partial charge in [-0.1, -0.05) is 243 Å². The van der Waals surface area contributed by atoms with Gasteiger partial charge in [0.2, 0.25) is 0 Å². The fourth-order valence-corrected chi connectivity index (χ4v) is 15.7. The molecule has 0 atom stereocenters. The zero-order chi connectivity index (χ0) is 66.5. The van der Waals surface area contributed by atoms with E-state index in [0.717, 1.165) is 129 Å². The van der Waals surface area contributed by atoms with Crippen molar-refractivity contribution < 1.29 is 0 Å². The summed E-state index contributed by atoms with van der Waals surface area (Å²) in [6, 6.07) is 126. The first-order valence-electron chi connectivity index (χ1n) is 34.3. The summed E-state index contributed by atoms with van der Waals surface area (Å²) >= 11 is 0. The molecule has 18 aromatic rings. The highest BCUT2D eigenvalue weighted by molar-refractivity contribution is 7.00. The van der Waals surface area contributed by atoms with Crippen LogP contribution in [0.3, 0.4) is 0 Å². The number of fused-ring (bicyclic) bond motifs is 10. The van der Waals surface area contributed by atoms with E-state index in [4.69, 9.17) is 24.9 Å². The van der Waals surface area contributed by atoms with Crippen molar-refractivity contribution in [3.05, 3.63) is 352 Å². The summed E-state index contributed by atoms with van der Waals surface area (Å²) in [5.74, 6) is 2.27. The molecule has 2 aliphatic heterocycles. The fourth-order valence-electron chi connectivity index (χ4n) is 15.7. The van der Waals surface area contributed by atoms with Crippen LogP contribution in [0, 0.1) is 0 Å². The van der Waals surface area contributed by atoms with Crippen molar-refractivity contribution in [3.63, 3.8) is 0 Å². The van der Waals surface area contributed by atoms with Gasteiger partial charge in [-0.15, -0.1) is 0 Å². The summed E-state index contributed by atoms with van der Waals surface area (Å²) in [4.78, 5) is 32.2. The summed E-state index contributed by atoms with van der Waals surface area (Å²) in [5, 5.41) is 4.65. The molecule has 0 saturated carbocycles. The lowest BCUT2D eigenvalue weighted by Gasteiger charge is -2.45. The van der Waals surface area contributed by atoms with Crippen molar-refractivity contribution in [2.45, 2.75) is 0 Å². The predicted octanol–water partition coefficient (Wildman–Crippen LogP) is 20.6. The van der Waals surface area contributed by atoms with Gasteiger partial charge >= 0.3 is 0 Å². The molecule has 0 unspecified atom stereocenters. The molecule has 6 heterocycles. The van der Waals surface area contributed by atoms with E-state index in [1.54, 1.807) is 0 Å². The summed E-state index contributed by atoms with van der Waals surface area (Å²) < 4.78 is 4.83. The topological polar surface area (TPSA) is 80.8 Å². The largest absolute Gasteiger partial charge is 0.311 e. The molecule has 14 aromatic carbocycles. The zero-order valence-electron chi connectivity index (χ0n) is 54.6. The normalized spacial score (nSPS) is 12.3. The molecule has 0 fully saturated rings. The smallest absolute Gasteiger partial charge is 0.252 e. The van der Waals surface area contributed by atoms with Gasteiger partial charge in [0.25, 0.3) is 6.71 Å². The van der Waals surface area contributed by atoms with Gasteiger partial charge in [0.1, 0.15) is 0 Å². The molecule has 9 nitrogen and oxygen atoms in total. The van der Waals surface area contributed by atoms with Gasteiger partial charge < -0.3 is 18.9 Å². The number of para-hydroxylation sites is 7. The third-order valence-electron chi connectivity index (χ3n) is 20.1. The minimum atomic E-state index is -0.0594. The second-order valence-electron chi connectivity index (χ2n) is 25.9. The molecule has 0 amide bonds. The minimum Gasteiger partial charge on any atom is -0.311 e. The van der Waals surface area contributed by atoms with Crippen LogP contribution in [0.4, 0.5) is 34.1 Å². The van der Waals surface area contributed by atoms with E-state index >= 15 is 0 Å². The van der Waals surface area contributed by atoms with Gasteiger partial charge in [-0.2, -0.15) is 0 Å². The van der Waals surface area contributed by atoms with Crippen LogP contribution in [0.15, 0.2) is 352 Å². The lowest BCUT2D eigenvalue weighted by Crippen LogP contribution is -2.61. The Morgan fingerprint density at radius 1 is 0.228 bits per heavy atom. The standard InChI is InChI=1S/C91H58BN9/c1-7-28-59(29-8-1)76-57-77(94-90(93-76)63-35-27-34-62(54-63)68-51-53-83-86-87(68)100(67-40-17-6-18-41-67)82-49-26-22-45-75(82)92(86)74-44-21-25-48-81(74)99(83)66-38-15-5-16-39-66)73-55-64(91-96-88(60-30-9-2-10-31-60)95-89(97-91)61-32-11-3-12-33-61)50-52-80(73)101-79-47-24-20-43-70(79)72-56-71-69-42-19-23-46-78(69)98(84(71)58-85(72)101)65-36-13-4-14-37-65/h1-58H. The molecule has 10 heteroatoms. The van der Waals surface area contributed by atoms with Crippen molar-refractivity contribution in [3.8, 4) is 90.6 Å². The maximum atomic E-state index is 5.86. The maximum Gasteiger partial charge on any atom is 0.252 e. The number of hydrogen-bond donors (Lipinski definition) is 0. The van der Waals surface area contributed by atoms with Gasteiger partial charge in [-0.05, 0) is 131 Å². The first-order chi connectivity index (χ1) is 50.1. The highest BCUT2D eigenvalue weighted by Crippen LogP contribution is 2.49. The zero-order valence-corrected chi connectivity index (χ0v) is 54.6. The SMILES string of the molecule is c1ccc(-c2cc(-c3cc(-c4nc(-c5ccccc5)nc(-c5ccccc5)n4)ccc3-n3c4ccccc4c4cc5c6ccccc6n(-c6ccccc6)c5cc43)nc(-c3cccc(-c4ccc5c6c4N(c4ccccc4)c4ccccc4B6c4ccccc4N5c4ccccc4)c3)n2)cc1. The molecule has 0 aliphatic carbocycles. The van der Waals surface area contributed by atoms with E-state index < -0.39 is 0 Å². The summed E-state index contributed by atoms with van der Waals surface area (Å²) in [7, 11) is 0. The number of nitrogens with zero attached hydrogens (tertiary/aromatic N) is 9. The van der Waals surface area contributed by atoms with Crippen molar-refractivity contribution in [2.24, 2.45) is 0 Å². The van der Waals surface area contributed by atoms with Crippen LogP contribution in [0.1, 0.15) is 0 Å². The lowest BCUT2D eigenvalue weighted by molar-refractivity contribution is 1.07. The highest BCUT2D eigenvalue weighted by Gasteiger charge is 2.44. The van der Waals surface area contributed by atoms with Crippen LogP contribution >= 0.6 is 0 Å². The van der Waals surface area contributed by atoms with E-state index in [-0.39, 0.29) is 6.71 Å². The molecule has 0 radical (unpaired) electrons. The Kier molecular flexibility index (Phi) is 13.5. The molecule has 0 N–H and O–H groups in total. The quantitative estimate of drug-likeness (QED) is 0.119. The summed E-state index contributed by atoms with van der Waals surface area (Å²) in [6.45, 7) is -0.0594. The lowest BCUT2D eigenvalue weighted by atomic mass is 9.33. The average Bonchev–Trinajstić information content (AvgIpc) is 1.32. The number of rotatable bonds is 11. The molecular weight excluding hydrogens is 1230 g/mol. The van der Waals surface area contributed by atoms with Crippen molar-refractivity contribution >= 4 is 101 Å². The Hall–Kier alpha value is -13.6. The Balaban J connectivity index is 0.838. The molecule has 0 spiro atoms. The maximum absolute atomic E-state index is 5.86. The van der Waals surface area contributed by atoms with E-state index in [0.29, 0.717) is 23.3 Å². The first-order valence-corrected chi connectivity index (χ1v) is 34.3. The molecule has 470 valence electrons. The fraction of sp³-hybridized carbons (Fsp3) is 0. The third-order valence-corrected chi connectivity index (χ3v) is 20.1. The van der Waals surface area contributed by atoms with Gasteiger partial charge in [-0.3, -0.25) is 0 Å². The Labute approximate surface area is 583 Å². The van der Waals surface area contributed by atoms with Crippen LogP contribution in [-0.4, -0.2) is 40.8 Å². The number of hydrogen-bond acceptors (Lipinski definition) is 7. The van der Waals surface area contributed by atoms with Crippen LogP contribution in [0.5, 0.6) is 0 Å². The van der Waals surface area contributed by atoms with Gasteiger partial charge in [0.15, 0.2) is 23.3 Å². The van der Waals surface area contributed by atoms with E-state index in [1.165, 1.54) is 32.8 Å². The van der Waals surface area contributed by atoms with Crippen LogP contribution in [0.25, 0.3) is 134 Å². The van der Waals surface area contributed by atoms with Crippen LogP contribution in [-0.2, 0) is 0 Å². The predicted molar refractivity (Wildman–Crippen MR) is 416 cm³/mol. The number of aromatic nitrogens is 7. The average molecular weight is 1290 g/mol. The minimum absolute atomic E-state index is 0.0594. The van der Waals surface area contributed by atoms with Crippen molar-refractivity contribution in [1.29, 1.82) is 0 Å². The van der Waals surface area contributed by atoms with Gasteiger partial charge in [0.05, 0.1) is 44.8 Å². The van der Waals surface area contributed by atoms with E-state index in [9.17, 15) is 0 Å². The number of benzene rings is 14. The van der Waals surface area contributed by atoms with Gasteiger partial charge in [0, 0.05) is 94.6 Å². The Bertz CT molecular complexity index is 6210. The molecule has 0 saturated heterocycles. The third kappa shape index (κ3) is 9.52. The van der Waals surface area contributed by atoms with Gasteiger partial charge in [-0.25, -0.2) is 24.9 Å². The van der Waals surface area contributed by atoms with E-state index in [2.05, 4.69) is 334 Å². The monoisotopic (exact) mass is 1290 g/mol. The first kappa shape index (κ1) is 57.7. The highest BCUT2D eigenvalue weighted by atomic mass is 15.2. The molecule has 20 rings (SSSR count). The Morgan fingerprint density at radius 2 is 0.673 bits per heavy atom. The van der Waals surface area contributed by atoms with E-state index in [1.807, 2.05) is 36.4 Å². The second-order valence-corrected chi connectivity index (χ2v) is 25.9. The second kappa shape index (κ2) is 23.6. The molecule has 0 bridgehead atoms. The van der Waals surface area contributed by atoms with Crippen molar-refractivity contribution in [2.75, 3.05) is 9.80 Å². The Morgan fingerprint density at radius 3 is 1.30 bits per heavy atom.